The summed E-state index contributed by atoms with van der Waals surface area (Å²) in [5.74, 6) is -0.110. The van der Waals surface area contributed by atoms with Gasteiger partial charge in [-0.05, 0) is 12.5 Å². The lowest BCUT2D eigenvalue weighted by atomic mass is 10.0. The van der Waals surface area contributed by atoms with E-state index in [9.17, 15) is 12.8 Å². The maximum Gasteiger partial charge on any atom is 0.152 e. The molecule has 1 aromatic carbocycles. The van der Waals surface area contributed by atoms with Crippen molar-refractivity contribution in [2.45, 2.75) is 12.5 Å². The summed E-state index contributed by atoms with van der Waals surface area (Å²) in [6.45, 7) is 0.727. The summed E-state index contributed by atoms with van der Waals surface area (Å²) in [7, 11) is -2.95. The fraction of sp³-hybridized carbons (Fsp3) is 0.538. The van der Waals surface area contributed by atoms with Gasteiger partial charge in [0.15, 0.2) is 9.84 Å². The molecular formula is C13H18FNO3S. The van der Waals surface area contributed by atoms with Gasteiger partial charge in [0.05, 0.1) is 11.5 Å². The number of halogens is 1. The van der Waals surface area contributed by atoms with Gasteiger partial charge in [0.1, 0.15) is 5.82 Å². The molecule has 1 aliphatic heterocycles. The third-order valence-electron chi connectivity index (χ3n) is 3.49. The van der Waals surface area contributed by atoms with E-state index >= 15 is 0 Å². The first kappa shape index (κ1) is 14.4. The average molecular weight is 287 g/mol. The van der Waals surface area contributed by atoms with Gasteiger partial charge < -0.3 is 5.11 Å². The minimum absolute atomic E-state index is 0.0533. The van der Waals surface area contributed by atoms with Gasteiger partial charge in [0.25, 0.3) is 0 Å². The number of aliphatic hydroxyl groups excluding tert-OH is 1. The summed E-state index contributed by atoms with van der Waals surface area (Å²) in [5, 5.41) is 9.15. The molecule has 1 saturated heterocycles. The van der Waals surface area contributed by atoms with E-state index in [0.717, 1.165) is 0 Å². The Bertz CT molecular complexity index is 518. The van der Waals surface area contributed by atoms with Gasteiger partial charge in [-0.15, -0.1) is 0 Å². The molecule has 0 aliphatic carbocycles. The van der Waals surface area contributed by atoms with Gasteiger partial charge in [0, 0.05) is 31.3 Å². The molecule has 2 rings (SSSR count). The van der Waals surface area contributed by atoms with Gasteiger partial charge in [-0.2, -0.15) is 0 Å². The van der Waals surface area contributed by atoms with Crippen LogP contribution < -0.4 is 0 Å². The molecule has 6 heteroatoms. The molecule has 0 radical (unpaired) electrons. The van der Waals surface area contributed by atoms with E-state index in [1.807, 2.05) is 4.90 Å². The van der Waals surface area contributed by atoms with Crippen molar-refractivity contribution in [3.63, 3.8) is 0 Å². The van der Waals surface area contributed by atoms with Gasteiger partial charge in [-0.25, -0.2) is 12.8 Å². The zero-order valence-electron chi connectivity index (χ0n) is 10.6. The molecule has 106 valence electrons. The van der Waals surface area contributed by atoms with Crippen LogP contribution in [0.3, 0.4) is 0 Å². The molecule has 1 N–H and O–H groups in total. The SMILES string of the molecule is O=S1(=O)CCN([C@@H](CCO)c2ccccc2F)CC1. The Kier molecular flexibility index (Phi) is 4.54. The van der Waals surface area contributed by atoms with Gasteiger partial charge in [0.2, 0.25) is 0 Å². The first-order valence-electron chi connectivity index (χ1n) is 6.33. The summed E-state index contributed by atoms with van der Waals surface area (Å²) >= 11 is 0. The highest BCUT2D eigenvalue weighted by Gasteiger charge is 2.28. The number of sulfone groups is 1. The number of aliphatic hydroxyl groups is 1. The molecule has 0 amide bonds. The number of rotatable bonds is 4. The average Bonchev–Trinajstić information content (AvgIpc) is 2.38. The highest BCUT2D eigenvalue weighted by atomic mass is 32.2. The lowest BCUT2D eigenvalue weighted by Crippen LogP contribution is -2.42. The second-order valence-corrected chi connectivity index (χ2v) is 7.04. The summed E-state index contributed by atoms with van der Waals surface area (Å²) in [6.07, 6.45) is 0.404. The smallest absolute Gasteiger partial charge is 0.152 e. The molecule has 4 nitrogen and oxygen atoms in total. The van der Waals surface area contributed by atoms with Crippen LogP contribution in [0.5, 0.6) is 0 Å². The predicted octanol–water partition coefficient (Wildman–Crippen LogP) is 0.980. The van der Waals surface area contributed by atoms with Crippen molar-refractivity contribution in [1.82, 2.24) is 4.90 Å². The minimum Gasteiger partial charge on any atom is -0.396 e. The zero-order valence-corrected chi connectivity index (χ0v) is 11.4. The number of nitrogens with zero attached hydrogens (tertiary/aromatic N) is 1. The second-order valence-electron chi connectivity index (χ2n) is 4.74. The van der Waals surface area contributed by atoms with Crippen molar-refractivity contribution < 1.29 is 17.9 Å². The number of hydrogen-bond acceptors (Lipinski definition) is 4. The van der Waals surface area contributed by atoms with Crippen LogP contribution in [-0.4, -0.2) is 49.6 Å². The van der Waals surface area contributed by atoms with Crippen molar-refractivity contribution in [2.75, 3.05) is 31.2 Å². The Labute approximate surface area is 112 Å². The van der Waals surface area contributed by atoms with E-state index < -0.39 is 9.84 Å². The highest BCUT2D eigenvalue weighted by Crippen LogP contribution is 2.27. The Balaban J connectivity index is 2.19. The van der Waals surface area contributed by atoms with E-state index in [2.05, 4.69) is 0 Å². The van der Waals surface area contributed by atoms with Crippen LogP contribution in [0, 0.1) is 5.82 Å². The second kappa shape index (κ2) is 5.98. The van der Waals surface area contributed by atoms with Crippen LogP contribution >= 0.6 is 0 Å². The van der Waals surface area contributed by atoms with E-state index in [0.29, 0.717) is 25.1 Å². The Morgan fingerprint density at radius 2 is 1.89 bits per heavy atom. The molecule has 0 saturated carbocycles. The maximum atomic E-state index is 13.8. The zero-order chi connectivity index (χ0) is 13.9. The fourth-order valence-electron chi connectivity index (χ4n) is 2.44. The lowest BCUT2D eigenvalue weighted by Gasteiger charge is -2.34. The normalized spacial score (nSPS) is 21.2. The molecule has 1 fully saturated rings. The first-order chi connectivity index (χ1) is 9.03. The monoisotopic (exact) mass is 287 g/mol. The first-order valence-corrected chi connectivity index (χ1v) is 8.15. The van der Waals surface area contributed by atoms with E-state index in [1.54, 1.807) is 18.2 Å². The molecule has 0 spiro atoms. The summed E-state index contributed by atoms with van der Waals surface area (Å²) in [4.78, 5) is 1.94. The standard InChI is InChI=1S/C13H18FNO3S/c14-12-4-2-1-3-11(12)13(5-8-16)15-6-9-19(17,18)10-7-15/h1-4,13,16H,5-10H2/t13-/m0/s1. The molecule has 1 aromatic rings. The van der Waals surface area contributed by atoms with Gasteiger partial charge in [-0.1, -0.05) is 18.2 Å². The molecule has 19 heavy (non-hydrogen) atoms. The molecule has 1 aliphatic rings. The summed E-state index contributed by atoms with van der Waals surface area (Å²) in [6, 6.07) is 6.19. The number of hydrogen-bond donors (Lipinski definition) is 1. The topological polar surface area (TPSA) is 57.6 Å². The van der Waals surface area contributed by atoms with Gasteiger partial charge >= 0.3 is 0 Å². The van der Waals surface area contributed by atoms with E-state index in [4.69, 9.17) is 5.11 Å². The van der Waals surface area contributed by atoms with Crippen molar-refractivity contribution in [1.29, 1.82) is 0 Å². The Morgan fingerprint density at radius 1 is 1.26 bits per heavy atom. The Morgan fingerprint density at radius 3 is 2.47 bits per heavy atom. The maximum absolute atomic E-state index is 13.8. The minimum atomic E-state index is -2.95. The van der Waals surface area contributed by atoms with Crippen molar-refractivity contribution in [3.05, 3.63) is 35.6 Å². The largest absolute Gasteiger partial charge is 0.396 e. The fourth-order valence-corrected chi connectivity index (χ4v) is 3.67. The highest BCUT2D eigenvalue weighted by molar-refractivity contribution is 7.91. The molecule has 1 heterocycles. The van der Waals surface area contributed by atoms with Crippen LogP contribution in [-0.2, 0) is 9.84 Å². The van der Waals surface area contributed by atoms with Crippen LogP contribution in [0.1, 0.15) is 18.0 Å². The van der Waals surface area contributed by atoms with Crippen molar-refractivity contribution in [2.24, 2.45) is 0 Å². The van der Waals surface area contributed by atoms with E-state index in [1.165, 1.54) is 6.07 Å². The van der Waals surface area contributed by atoms with Crippen LogP contribution in [0.2, 0.25) is 0 Å². The summed E-state index contributed by atoms with van der Waals surface area (Å²) < 4.78 is 36.7. The third-order valence-corrected chi connectivity index (χ3v) is 5.10. The third kappa shape index (κ3) is 3.52. The molecule has 0 aromatic heterocycles. The summed E-state index contributed by atoms with van der Waals surface area (Å²) in [5.41, 5.74) is 0.524. The quantitative estimate of drug-likeness (QED) is 0.897. The van der Waals surface area contributed by atoms with Crippen LogP contribution in [0.15, 0.2) is 24.3 Å². The van der Waals surface area contributed by atoms with Crippen LogP contribution in [0.4, 0.5) is 4.39 Å². The molecule has 0 unspecified atom stereocenters. The van der Waals surface area contributed by atoms with Crippen molar-refractivity contribution in [3.8, 4) is 0 Å². The van der Waals surface area contributed by atoms with E-state index in [-0.39, 0.29) is 30.0 Å². The van der Waals surface area contributed by atoms with Crippen LogP contribution in [0.25, 0.3) is 0 Å². The molecule has 0 bridgehead atoms. The predicted molar refractivity (Wildman–Crippen MR) is 71.1 cm³/mol. The number of benzene rings is 1. The lowest BCUT2D eigenvalue weighted by molar-refractivity contribution is 0.164. The van der Waals surface area contributed by atoms with Gasteiger partial charge in [-0.3, -0.25) is 4.90 Å². The van der Waals surface area contributed by atoms with Crippen molar-refractivity contribution >= 4 is 9.84 Å². The Hall–Kier alpha value is -0.980. The molecular weight excluding hydrogens is 269 g/mol. The molecule has 1 atom stereocenters.